The van der Waals surface area contributed by atoms with Crippen molar-refractivity contribution in [2.75, 3.05) is 5.73 Å². The maximum Gasteiger partial charge on any atom is 0.224 e. The molecule has 4 nitrogen and oxygen atoms in total. The Morgan fingerprint density at radius 2 is 2.00 bits per heavy atom. The zero-order valence-corrected chi connectivity index (χ0v) is 9.60. The van der Waals surface area contributed by atoms with Crippen molar-refractivity contribution < 1.29 is 4.74 Å². The van der Waals surface area contributed by atoms with E-state index in [9.17, 15) is 0 Å². The molecular formula is C13H15N3O. The molecule has 17 heavy (non-hydrogen) atoms. The summed E-state index contributed by atoms with van der Waals surface area (Å²) in [5.41, 5.74) is 7.38. The molecule has 4 heteroatoms. The summed E-state index contributed by atoms with van der Waals surface area (Å²) in [7, 11) is 0. The van der Waals surface area contributed by atoms with E-state index in [0.717, 1.165) is 23.7 Å². The number of nitrogen functional groups attached to an aromatic ring is 1. The van der Waals surface area contributed by atoms with Crippen LogP contribution in [0.2, 0.25) is 0 Å². The van der Waals surface area contributed by atoms with Crippen molar-refractivity contribution in [1.82, 2.24) is 9.97 Å². The molecule has 2 N–H and O–H groups in total. The first-order valence-electron chi connectivity index (χ1n) is 6.00. The van der Waals surface area contributed by atoms with Crippen molar-refractivity contribution in [2.24, 2.45) is 0 Å². The first-order valence-corrected chi connectivity index (χ1v) is 6.00. The largest absolute Gasteiger partial charge is 0.474 e. The van der Waals surface area contributed by atoms with E-state index in [4.69, 9.17) is 10.5 Å². The molecule has 0 bridgehead atoms. The van der Waals surface area contributed by atoms with Crippen molar-refractivity contribution >= 4 is 16.6 Å². The highest BCUT2D eigenvalue weighted by Crippen LogP contribution is 2.28. The van der Waals surface area contributed by atoms with Gasteiger partial charge in [-0.1, -0.05) is 0 Å². The molecule has 2 aromatic rings. The van der Waals surface area contributed by atoms with Gasteiger partial charge in [0, 0.05) is 5.69 Å². The number of benzene rings is 1. The van der Waals surface area contributed by atoms with Crippen LogP contribution in [0.3, 0.4) is 0 Å². The van der Waals surface area contributed by atoms with E-state index in [-0.39, 0.29) is 0 Å². The van der Waals surface area contributed by atoms with Gasteiger partial charge in [-0.3, -0.25) is 0 Å². The number of hydrogen-bond acceptors (Lipinski definition) is 4. The lowest BCUT2D eigenvalue weighted by atomic mass is 10.2. The standard InChI is InChI=1S/C13H15N3O/c14-9-5-6-12-11(7-9)13(16-8-15-12)17-10-3-1-2-4-10/h5-8,10H,1-4,14H2. The van der Waals surface area contributed by atoms with Crippen molar-refractivity contribution in [3.63, 3.8) is 0 Å². The minimum absolute atomic E-state index is 0.300. The number of rotatable bonds is 2. The molecule has 1 fully saturated rings. The summed E-state index contributed by atoms with van der Waals surface area (Å²) >= 11 is 0. The van der Waals surface area contributed by atoms with E-state index < -0.39 is 0 Å². The van der Waals surface area contributed by atoms with Gasteiger partial charge in [0.05, 0.1) is 10.9 Å². The normalized spacial score (nSPS) is 16.5. The summed E-state index contributed by atoms with van der Waals surface area (Å²) in [6.07, 6.45) is 6.57. The van der Waals surface area contributed by atoms with E-state index in [1.165, 1.54) is 12.8 Å². The molecule has 1 saturated carbocycles. The van der Waals surface area contributed by atoms with Crippen molar-refractivity contribution in [3.8, 4) is 5.88 Å². The third-order valence-corrected chi connectivity index (χ3v) is 3.20. The van der Waals surface area contributed by atoms with Crippen LogP contribution in [0.1, 0.15) is 25.7 Å². The number of aromatic nitrogens is 2. The zero-order valence-electron chi connectivity index (χ0n) is 9.60. The second-order valence-corrected chi connectivity index (χ2v) is 4.48. The van der Waals surface area contributed by atoms with Crippen LogP contribution in [0, 0.1) is 0 Å². The fourth-order valence-corrected chi connectivity index (χ4v) is 2.31. The van der Waals surface area contributed by atoms with Crippen LogP contribution in [-0.2, 0) is 0 Å². The minimum Gasteiger partial charge on any atom is -0.474 e. The van der Waals surface area contributed by atoms with Gasteiger partial charge in [0.1, 0.15) is 12.4 Å². The van der Waals surface area contributed by atoms with Crippen LogP contribution in [0.15, 0.2) is 24.5 Å². The summed E-state index contributed by atoms with van der Waals surface area (Å²) < 4.78 is 5.94. The van der Waals surface area contributed by atoms with Gasteiger partial charge in [-0.2, -0.15) is 0 Å². The third-order valence-electron chi connectivity index (χ3n) is 3.20. The lowest BCUT2D eigenvalue weighted by Crippen LogP contribution is -2.12. The van der Waals surface area contributed by atoms with Crippen LogP contribution < -0.4 is 10.5 Å². The molecule has 3 rings (SSSR count). The molecule has 1 aromatic carbocycles. The molecule has 0 unspecified atom stereocenters. The number of anilines is 1. The van der Waals surface area contributed by atoms with Crippen LogP contribution >= 0.6 is 0 Å². The monoisotopic (exact) mass is 229 g/mol. The minimum atomic E-state index is 0.300. The molecule has 1 aromatic heterocycles. The van der Waals surface area contributed by atoms with Gasteiger partial charge in [-0.15, -0.1) is 0 Å². The van der Waals surface area contributed by atoms with E-state index in [2.05, 4.69) is 9.97 Å². The molecule has 1 heterocycles. The predicted molar refractivity (Wildman–Crippen MR) is 66.8 cm³/mol. The number of ether oxygens (including phenoxy) is 1. The van der Waals surface area contributed by atoms with Crippen LogP contribution in [0.25, 0.3) is 10.9 Å². The maximum absolute atomic E-state index is 5.94. The Balaban J connectivity index is 1.99. The molecule has 0 spiro atoms. The summed E-state index contributed by atoms with van der Waals surface area (Å²) in [5, 5.41) is 0.902. The number of fused-ring (bicyclic) bond motifs is 1. The molecular weight excluding hydrogens is 214 g/mol. The van der Waals surface area contributed by atoms with Gasteiger partial charge in [-0.05, 0) is 43.9 Å². The number of nitrogens with zero attached hydrogens (tertiary/aromatic N) is 2. The number of hydrogen-bond donors (Lipinski definition) is 1. The Morgan fingerprint density at radius 3 is 2.82 bits per heavy atom. The zero-order chi connectivity index (χ0) is 11.7. The Labute approximate surface area is 99.8 Å². The SMILES string of the molecule is Nc1ccc2ncnc(OC3CCCC3)c2c1. The summed E-state index contributed by atoms with van der Waals surface area (Å²) in [6, 6.07) is 5.61. The molecule has 88 valence electrons. The molecule has 0 saturated heterocycles. The van der Waals surface area contributed by atoms with Gasteiger partial charge in [-0.25, -0.2) is 9.97 Å². The Kier molecular flexibility index (Phi) is 2.55. The average Bonchev–Trinajstić information content (AvgIpc) is 2.83. The first kappa shape index (κ1) is 10.3. The maximum atomic E-state index is 5.94. The quantitative estimate of drug-likeness (QED) is 0.804. The average molecular weight is 229 g/mol. The molecule has 0 aliphatic heterocycles. The van der Waals surface area contributed by atoms with E-state index >= 15 is 0 Å². The van der Waals surface area contributed by atoms with Crippen LogP contribution in [0.4, 0.5) is 5.69 Å². The molecule has 0 amide bonds. The molecule has 1 aliphatic rings. The first-order chi connectivity index (χ1) is 8.33. The smallest absolute Gasteiger partial charge is 0.224 e. The van der Waals surface area contributed by atoms with E-state index in [0.29, 0.717) is 17.7 Å². The highest BCUT2D eigenvalue weighted by Gasteiger charge is 2.18. The topological polar surface area (TPSA) is 61.0 Å². The fraction of sp³-hybridized carbons (Fsp3) is 0.385. The highest BCUT2D eigenvalue weighted by atomic mass is 16.5. The summed E-state index contributed by atoms with van der Waals surface area (Å²) in [4.78, 5) is 8.43. The lowest BCUT2D eigenvalue weighted by molar-refractivity contribution is 0.204. The summed E-state index contributed by atoms with van der Waals surface area (Å²) in [5.74, 6) is 0.661. The van der Waals surface area contributed by atoms with Crippen LogP contribution in [0.5, 0.6) is 5.88 Å². The molecule has 0 radical (unpaired) electrons. The van der Waals surface area contributed by atoms with Gasteiger partial charge < -0.3 is 10.5 Å². The second kappa shape index (κ2) is 4.20. The number of nitrogens with two attached hydrogens (primary N) is 1. The van der Waals surface area contributed by atoms with Gasteiger partial charge in [0.15, 0.2) is 0 Å². The molecule has 0 atom stereocenters. The Bertz CT molecular complexity index is 535. The van der Waals surface area contributed by atoms with Gasteiger partial charge in [0.25, 0.3) is 0 Å². The van der Waals surface area contributed by atoms with Crippen molar-refractivity contribution in [2.45, 2.75) is 31.8 Å². The Morgan fingerprint density at radius 1 is 1.18 bits per heavy atom. The van der Waals surface area contributed by atoms with Gasteiger partial charge >= 0.3 is 0 Å². The van der Waals surface area contributed by atoms with Crippen LogP contribution in [-0.4, -0.2) is 16.1 Å². The Hall–Kier alpha value is -1.84. The summed E-state index contributed by atoms with van der Waals surface area (Å²) in [6.45, 7) is 0. The van der Waals surface area contributed by atoms with Crippen molar-refractivity contribution in [1.29, 1.82) is 0 Å². The van der Waals surface area contributed by atoms with Crippen molar-refractivity contribution in [3.05, 3.63) is 24.5 Å². The van der Waals surface area contributed by atoms with E-state index in [1.54, 1.807) is 6.33 Å². The third kappa shape index (κ3) is 2.02. The highest BCUT2D eigenvalue weighted by molar-refractivity contribution is 5.86. The second-order valence-electron chi connectivity index (χ2n) is 4.48. The molecule has 1 aliphatic carbocycles. The fourth-order valence-electron chi connectivity index (χ4n) is 2.31. The predicted octanol–water partition coefficient (Wildman–Crippen LogP) is 2.53. The van der Waals surface area contributed by atoms with E-state index in [1.807, 2.05) is 18.2 Å². The van der Waals surface area contributed by atoms with Gasteiger partial charge in [0.2, 0.25) is 5.88 Å². The lowest BCUT2D eigenvalue weighted by Gasteiger charge is -2.13.